The van der Waals surface area contributed by atoms with Gasteiger partial charge in [-0.05, 0) is 18.6 Å². The van der Waals surface area contributed by atoms with Gasteiger partial charge in [-0.2, -0.15) is 4.98 Å². The number of ether oxygens (including phenoxy) is 1. The van der Waals surface area contributed by atoms with E-state index in [1.165, 1.54) is 0 Å². The standard InChI is InChI=1S/C10H18N4O2/c1-11-8-4-5-15-6-7(8)9-12-10(13-16-9)14(2)3/h7-8,11H,4-6H2,1-3H3. The fourth-order valence-corrected chi connectivity index (χ4v) is 1.89. The largest absolute Gasteiger partial charge is 0.381 e. The number of rotatable bonds is 3. The molecule has 1 aliphatic rings. The summed E-state index contributed by atoms with van der Waals surface area (Å²) in [5.41, 5.74) is 0. The SMILES string of the molecule is CNC1CCOCC1c1nc(N(C)C)no1. The Balaban J connectivity index is 2.14. The van der Waals surface area contributed by atoms with Crippen molar-refractivity contribution in [2.45, 2.75) is 18.4 Å². The first-order chi connectivity index (χ1) is 7.72. The molecule has 0 aliphatic carbocycles. The van der Waals surface area contributed by atoms with E-state index in [1.54, 1.807) is 0 Å². The van der Waals surface area contributed by atoms with Crippen LogP contribution in [0, 0.1) is 0 Å². The van der Waals surface area contributed by atoms with E-state index in [0.717, 1.165) is 13.0 Å². The van der Waals surface area contributed by atoms with E-state index in [2.05, 4.69) is 15.5 Å². The summed E-state index contributed by atoms with van der Waals surface area (Å²) < 4.78 is 10.7. The van der Waals surface area contributed by atoms with Gasteiger partial charge in [-0.15, -0.1) is 0 Å². The molecule has 0 amide bonds. The molecule has 0 aromatic carbocycles. The van der Waals surface area contributed by atoms with Gasteiger partial charge in [0.2, 0.25) is 5.89 Å². The van der Waals surface area contributed by atoms with Crippen LogP contribution in [0.3, 0.4) is 0 Å². The summed E-state index contributed by atoms with van der Waals surface area (Å²) in [6.07, 6.45) is 0.973. The number of nitrogens with zero attached hydrogens (tertiary/aromatic N) is 3. The van der Waals surface area contributed by atoms with Gasteiger partial charge in [-0.1, -0.05) is 0 Å². The fourth-order valence-electron chi connectivity index (χ4n) is 1.89. The van der Waals surface area contributed by atoms with E-state index < -0.39 is 0 Å². The maximum Gasteiger partial charge on any atom is 0.265 e. The molecule has 0 bridgehead atoms. The van der Waals surface area contributed by atoms with Crippen molar-refractivity contribution in [1.29, 1.82) is 0 Å². The number of likely N-dealkylation sites (N-methyl/N-ethyl adjacent to an activating group) is 1. The monoisotopic (exact) mass is 226 g/mol. The van der Waals surface area contributed by atoms with E-state index in [-0.39, 0.29) is 5.92 Å². The summed E-state index contributed by atoms with van der Waals surface area (Å²) in [6.45, 7) is 1.43. The third-order valence-corrected chi connectivity index (χ3v) is 2.88. The number of aromatic nitrogens is 2. The van der Waals surface area contributed by atoms with Crippen molar-refractivity contribution in [3.8, 4) is 0 Å². The molecule has 6 heteroatoms. The molecule has 2 heterocycles. The van der Waals surface area contributed by atoms with E-state index in [0.29, 0.717) is 24.5 Å². The molecule has 6 nitrogen and oxygen atoms in total. The van der Waals surface area contributed by atoms with Crippen LogP contribution in [0.2, 0.25) is 0 Å². The van der Waals surface area contributed by atoms with E-state index in [4.69, 9.17) is 9.26 Å². The maximum absolute atomic E-state index is 5.46. The van der Waals surface area contributed by atoms with Crippen LogP contribution in [0.25, 0.3) is 0 Å². The summed E-state index contributed by atoms with van der Waals surface area (Å²) in [7, 11) is 5.73. The Morgan fingerprint density at radius 1 is 1.44 bits per heavy atom. The van der Waals surface area contributed by atoms with Crippen molar-refractivity contribution in [1.82, 2.24) is 15.5 Å². The van der Waals surface area contributed by atoms with Gasteiger partial charge in [-0.3, -0.25) is 0 Å². The summed E-state index contributed by atoms with van der Waals surface area (Å²) in [5, 5.41) is 7.19. The Labute approximate surface area is 95.0 Å². The minimum absolute atomic E-state index is 0.153. The number of anilines is 1. The Bertz CT molecular complexity index is 339. The molecule has 0 spiro atoms. The van der Waals surface area contributed by atoms with E-state index in [9.17, 15) is 0 Å². The zero-order chi connectivity index (χ0) is 11.5. The molecule has 1 aromatic heterocycles. The summed E-state index contributed by atoms with van der Waals surface area (Å²) >= 11 is 0. The third-order valence-electron chi connectivity index (χ3n) is 2.88. The summed E-state index contributed by atoms with van der Waals surface area (Å²) in [4.78, 5) is 6.18. The molecule has 1 aliphatic heterocycles. The highest BCUT2D eigenvalue weighted by atomic mass is 16.5. The topological polar surface area (TPSA) is 63.4 Å². The van der Waals surface area contributed by atoms with Crippen LogP contribution < -0.4 is 10.2 Å². The molecular formula is C10H18N4O2. The quantitative estimate of drug-likeness (QED) is 0.796. The Kier molecular flexibility index (Phi) is 3.40. The minimum atomic E-state index is 0.153. The van der Waals surface area contributed by atoms with Gasteiger partial charge in [0.05, 0.1) is 12.5 Å². The highest BCUT2D eigenvalue weighted by Crippen LogP contribution is 2.25. The molecule has 2 rings (SSSR count). The van der Waals surface area contributed by atoms with Crippen LogP contribution >= 0.6 is 0 Å². The number of nitrogens with one attached hydrogen (secondary N) is 1. The maximum atomic E-state index is 5.46. The number of hydrogen-bond acceptors (Lipinski definition) is 6. The van der Waals surface area contributed by atoms with Crippen LogP contribution in [0.15, 0.2) is 4.52 Å². The Morgan fingerprint density at radius 2 is 2.25 bits per heavy atom. The molecular weight excluding hydrogens is 208 g/mol. The van der Waals surface area contributed by atoms with Crippen molar-refractivity contribution in [3.63, 3.8) is 0 Å². The highest BCUT2D eigenvalue weighted by molar-refractivity contribution is 5.24. The fraction of sp³-hybridized carbons (Fsp3) is 0.800. The molecule has 90 valence electrons. The van der Waals surface area contributed by atoms with Crippen molar-refractivity contribution in [2.24, 2.45) is 0 Å². The lowest BCUT2D eigenvalue weighted by atomic mass is 9.96. The molecule has 2 atom stereocenters. The van der Waals surface area contributed by atoms with Crippen LogP contribution in [-0.2, 0) is 4.74 Å². The molecule has 16 heavy (non-hydrogen) atoms. The van der Waals surface area contributed by atoms with Gasteiger partial charge >= 0.3 is 0 Å². The van der Waals surface area contributed by atoms with Gasteiger partial charge in [0.25, 0.3) is 5.95 Å². The normalized spacial score (nSPS) is 25.7. The summed E-state index contributed by atoms with van der Waals surface area (Å²) in [6, 6.07) is 0.351. The molecule has 1 N–H and O–H groups in total. The second-order valence-electron chi connectivity index (χ2n) is 4.19. The molecule has 2 unspecified atom stereocenters. The van der Waals surface area contributed by atoms with E-state index in [1.807, 2.05) is 26.0 Å². The average Bonchev–Trinajstić information content (AvgIpc) is 2.78. The Morgan fingerprint density at radius 3 is 2.88 bits per heavy atom. The van der Waals surface area contributed by atoms with Gasteiger partial charge in [0.1, 0.15) is 0 Å². The molecule has 1 fully saturated rings. The van der Waals surface area contributed by atoms with Gasteiger partial charge < -0.3 is 19.5 Å². The first-order valence-electron chi connectivity index (χ1n) is 5.48. The average molecular weight is 226 g/mol. The zero-order valence-electron chi connectivity index (χ0n) is 9.93. The van der Waals surface area contributed by atoms with Crippen LogP contribution in [0.5, 0.6) is 0 Å². The smallest absolute Gasteiger partial charge is 0.265 e. The van der Waals surface area contributed by atoms with Gasteiger partial charge in [0.15, 0.2) is 0 Å². The van der Waals surface area contributed by atoms with E-state index >= 15 is 0 Å². The number of hydrogen-bond donors (Lipinski definition) is 1. The second kappa shape index (κ2) is 4.80. The predicted molar refractivity (Wildman–Crippen MR) is 59.6 cm³/mol. The van der Waals surface area contributed by atoms with Gasteiger partial charge in [-0.25, -0.2) is 0 Å². The first kappa shape index (κ1) is 11.3. The van der Waals surface area contributed by atoms with Crippen molar-refractivity contribution in [2.75, 3.05) is 39.3 Å². The molecule has 0 saturated carbocycles. The lowest BCUT2D eigenvalue weighted by molar-refractivity contribution is 0.0516. The lowest BCUT2D eigenvalue weighted by Crippen LogP contribution is -2.39. The van der Waals surface area contributed by atoms with Gasteiger partial charge in [0, 0.05) is 26.7 Å². The zero-order valence-corrected chi connectivity index (χ0v) is 9.93. The van der Waals surface area contributed by atoms with Crippen LogP contribution in [0.4, 0.5) is 5.95 Å². The first-order valence-corrected chi connectivity index (χ1v) is 5.48. The van der Waals surface area contributed by atoms with Crippen molar-refractivity contribution in [3.05, 3.63) is 5.89 Å². The molecule has 1 saturated heterocycles. The second-order valence-corrected chi connectivity index (χ2v) is 4.19. The van der Waals surface area contributed by atoms with Crippen LogP contribution in [-0.4, -0.2) is 50.5 Å². The Hall–Kier alpha value is -1.14. The molecule has 1 aromatic rings. The third kappa shape index (κ3) is 2.17. The molecule has 0 radical (unpaired) electrons. The van der Waals surface area contributed by atoms with Crippen molar-refractivity contribution >= 4 is 5.95 Å². The minimum Gasteiger partial charge on any atom is -0.381 e. The predicted octanol–water partition coefficient (Wildman–Crippen LogP) is 0.227. The van der Waals surface area contributed by atoms with Crippen LogP contribution in [0.1, 0.15) is 18.2 Å². The highest BCUT2D eigenvalue weighted by Gasteiger charge is 2.30. The lowest BCUT2D eigenvalue weighted by Gasteiger charge is -2.28. The summed E-state index contributed by atoms with van der Waals surface area (Å²) in [5.74, 6) is 1.41. The van der Waals surface area contributed by atoms with Crippen molar-refractivity contribution < 1.29 is 9.26 Å².